The van der Waals surface area contributed by atoms with Gasteiger partial charge in [-0.2, -0.15) is 0 Å². The minimum atomic E-state index is 0.456. The smallest absolute Gasteiger partial charge is 0.0496 e. The van der Waals surface area contributed by atoms with E-state index in [9.17, 15) is 0 Å². The van der Waals surface area contributed by atoms with Crippen molar-refractivity contribution in [2.45, 2.75) is 44.6 Å². The van der Waals surface area contributed by atoms with E-state index in [1.165, 1.54) is 35.0 Å². The molecular weight excluding hydrogens is 350 g/mol. The maximum atomic E-state index is 3.80. The van der Waals surface area contributed by atoms with Gasteiger partial charge in [-0.05, 0) is 76.6 Å². The van der Waals surface area contributed by atoms with Crippen LogP contribution in [0, 0.1) is 0 Å². The third kappa shape index (κ3) is 2.89. The summed E-state index contributed by atoms with van der Waals surface area (Å²) in [4.78, 5) is 3.07. The fourth-order valence-corrected chi connectivity index (χ4v) is 5.87. The number of nitrogens with one attached hydrogen (secondary N) is 1. The summed E-state index contributed by atoms with van der Waals surface area (Å²) < 4.78 is 1.26. The predicted octanol–water partition coefficient (Wildman–Crippen LogP) is 5.73. The summed E-state index contributed by atoms with van der Waals surface area (Å²) in [6.07, 6.45) is 5.08. The van der Waals surface area contributed by atoms with Crippen molar-refractivity contribution in [1.29, 1.82) is 0 Å². The molecule has 0 aliphatic heterocycles. The number of hydrogen-bond acceptors (Lipinski definition) is 3. The predicted molar refractivity (Wildman–Crippen MR) is 93.1 cm³/mol. The molecule has 1 aliphatic rings. The van der Waals surface area contributed by atoms with Crippen LogP contribution in [0.4, 0.5) is 0 Å². The molecule has 2 aromatic rings. The van der Waals surface area contributed by atoms with Crippen molar-refractivity contribution >= 4 is 38.6 Å². The molecule has 3 rings (SSSR count). The summed E-state index contributed by atoms with van der Waals surface area (Å²) in [6.45, 7) is 3.33. The number of aryl methyl sites for hydroxylation is 1. The van der Waals surface area contributed by atoms with Crippen LogP contribution in [-0.4, -0.2) is 6.54 Å². The van der Waals surface area contributed by atoms with E-state index in [0.717, 1.165) is 6.54 Å². The van der Waals surface area contributed by atoms with Crippen molar-refractivity contribution in [3.8, 4) is 0 Å². The second-order valence-electron chi connectivity index (χ2n) is 5.36. The molecule has 2 heterocycles. The Hall–Kier alpha value is -0.160. The zero-order valence-electron chi connectivity index (χ0n) is 11.7. The lowest BCUT2D eigenvalue weighted by Crippen LogP contribution is -2.29. The van der Waals surface area contributed by atoms with E-state index in [-0.39, 0.29) is 0 Å². The van der Waals surface area contributed by atoms with Gasteiger partial charge < -0.3 is 5.32 Å². The summed E-state index contributed by atoms with van der Waals surface area (Å²) in [5.41, 5.74) is 1.59. The van der Waals surface area contributed by atoms with E-state index >= 15 is 0 Å². The lowest BCUT2D eigenvalue weighted by Gasteiger charge is -2.31. The normalized spacial score (nSPS) is 19.8. The average Bonchev–Trinajstić information content (AvgIpc) is 3.09. The molecule has 0 saturated carbocycles. The first-order valence-corrected chi connectivity index (χ1v) is 9.89. The van der Waals surface area contributed by atoms with Gasteiger partial charge in [-0.25, -0.2) is 0 Å². The van der Waals surface area contributed by atoms with Crippen molar-refractivity contribution in [3.05, 3.63) is 42.7 Å². The zero-order chi connectivity index (χ0) is 13.9. The maximum absolute atomic E-state index is 3.80. The number of rotatable bonds is 5. The molecule has 0 fully saturated rings. The molecule has 0 saturated heterocycles. The molecule has 0 amide bonds. The lowest BCUT2D eigenvalue weighted by molar-refractivity contribution is 0.408. The Bertz CT molecular complexity index is 560. The van der Waals surface area contributed by atoms with Gasteiger partial charge in [0, 0.05) is 26.2 Å². The molecule has 2 unspecified atom stereocenters. The first-order chi connectivity index (χ1) is 9.81. The second-order valence-corrected chi connectivity index (χ2v) is 8.17. The third-order valence-electron chi connectivity index (χ3n) is 4.04. The van der Waals surface area contributed by atoms with Crippen LogP contribution in [0.15, 0.2) is 27.4 Å². The van der Waals surface area contributed by atoms with Gasteiger partial charge in [-0.15, -0.1) is 22.7 Å². The highest BCUT2D eigenvalue weighted by molar-refractivity contribution is 9.10. The van der Waals surface area contributed by atoms with Crippen LogP contribution >= 0.6 is 38.6 Å². The van der Waals surface area contributed by atoms with Crippen LogP contribution in [-0.2, 0) is 6.42 Å². The largest absolute Gasteiger partial charge is 0.309 e. The summed E-state index contributed by atoms with van der Waals surface area (Å²) in [5.74, 6) is 0.631. The monoisotopic (exact) mass is 369 g/mol. The highest BCUT2D eigenvalue weighted by atomic mass is 79.9. The zero-order valence-corrected chi connectivity index (χ0v) is 14.9. The summed E-state index contributed by atoms with van der Waals surface area (Å²) >= 11 is 7.54. The highest BCUT2D eigenvalue weighted by Gasteiger charge is 2.31. The van der Waals surface area contributed by atoms with Crippen LogP contribution in [0.25, 0.3) is 0 Å². The van der Waals surface area contributed by atoms with Gasteiger partial charge in [0.05, 0.1) is 0 Å². The van der Waals surface area contributed by atoms with Crippen molar-refractivity contribution in [2.24, 2.45) is 0 Å². The third-order valence-corrected chi connectivity index (χ3v) is 6.99. The Morgan fingerprint density at radius 3 is 2.95 bits per heavy atom. The molecule has 1 aliphatic carbocycles. The Labute approximate surface area is 137 Å². The molecule has 0 bridgehead atoms. The van der Waals surface area contributed by atoms with Crippen LogP contribution in [0.5, 0.6) is 0 Å². The van der Waals surface area contributed by atoms with Crippen LogP contribution < -0.4 is 5.32 Å². The van der Waals surface area contributed by atoms with E-state index in [1.54, 1.807) is 10.4 Å². The van der Waals surface area contributed by atoms with Gasteiger partial charge in [-0.3, -0.25) is 0 Å². The van der Waals surface area contributed by atoms with Gasteiger partial charge >= 0.3 is 0 Å². The fraction of sp³-hybridized carbons (Fsp3) is 0.500. The molecular formula is C16H20BrNS2. The van der Waals surface area contributed by atoms with Gasteiger partial charge in [-0.1, -0.05) is 6.92 Å². The average molecular weight is 370 g/mol. The van der Waals surface area contributed by atoms with Gasteiger partial charge in [0.25, 0.3) is 0 Å². The Balaban J connectivity index is 1.93. The van der Waals surface area contributed by atoms with E-state index in [0.29, 0.717) is 12.0 Å². The summed E-state index contributed by atoms with van der Waals surface area (Å²) in [5, 5.41) is 8.26. The Morgan fingerprint density at radius 2 is 2.20 bits per heavy atom. The molecule has 2 aromatic heterocycles. The molecule has 4 heteroatoms. The van der Waals surface area contributed by atoms with E-state index in [1.807, 2.05) is 22.7 Å². The summed E-state index contributed by atoms with van der Waals surface area (Å²) in [6, 6.07) is 4.99. The second kappa shape index (κ2) is 6.73. The molecule has 1 N–H and O–H groups in total. The first kappa shape index (κ1) is 14.8. The highest BCUT2D eigenvalue weighted by Crippen LogP contribution is 2.45. The summed E-state index contributed by atoms with van der Waals surface area (Å²) in [7, 11) is 0. The maximum Gasteiger partial charge on any atom is 0.0496 e. The SMILES string of the molecule is CCCNC(c1sccc1Br)C1CCCc2sccc21. The quantitative estimate of drug-likeness (QED) is 0.708. The minimum Gasteiger partial charge on any atom is -0.309 e. The Kier molecular flexibility index (Phi) is 4.97. The fourth-order valence-electron chi connectivity index (χ4n) is 3.11. The van der Waals surface area contributed by atoms with E-state index < -0.39 is 0 Å². The standard InChI is InChI=1S/C16H20BrNS2/c1-2-8-18-15(16-13(17)7-10-20-16)12-4-3-5-14-11(12)6-9-19-14/h6-7,9-10,12,15,18H,2-5,8H2,1H3. The Morgan fingerprint density at radius 1 is 1.35 bits per heavy atom. The molecule has 20 heavy (non-hydrogen) atoms. The number of halogens is 1. The van der Waals surface area contributed by atoms with Crippen molar-refractivity contribution in [2.75, 3.05) is 6.54 Å². The number of hydrogen-bond donors (Lipinski definition) is 1. The molecule has 0 radical (unpaired) electrons. The van der Waals surface area contributed by atoms with Crippen molar-refractivity contribution in [1.82, 2.24) is 5.32 Å². The topological polar surface area (TPSA) is 12.0 Å². The van der Waals surface area contributed by atoms with Crippen LogP contribution in [0.3, 0.4) is 0 Å². The molecule has 0 spiro atoms. The van der Waals surface area contributed by atoms with Crippen LogP contribution in [0.2, 0.25) is 0 Å². The number of thiophene rings is 2. The van der Waals surface area contributed by atoms with Crippen molar-refractivity contribution < 1.29 is 0 Å². The molecule has 108 valence electrons. The van der Waals surface area contributed by atoms with Crippen molar-refractivity contribution in [3.63, 3.8) is 0 Å². The lowest BCUT2D eigenvalue weighted by atomic mass is 9.82. The molecule has 2 atom stereocenters. The van der Waals surface area contributed by atoms with Gasteiger partial charge in [0.15, 0.2) is 0 Å². The van der Waals surface area contributed by atoms with Crippen LogP contribution in [0.1, 0.15) is 53.5 Å². The first-order valence-electron chi connectivity index (χ1n) is 7.33. The van der Waals surface area contributed by atoms with Gasteiger partial charge in [0.2, 0.25) is 0 Å². The van der Waals surface area contributed by atoms with Gasteiger partial charge in [0.1, 0.15) is 0 Å². The van der Waals surface area contributed by atoms with E-state index in [4.69, 9.17) is 0 Å². The minimum absolute atomic E-state index is 0.456. The molecule has 0 aromatic carbocycles. The number of fused-ring (bicyclic) bond motifs is 1. The van der Waals surface area contributed by atoms with E-state index in [2.05, 4.69) is 51.1 Å². The molecule has 1 nitrogen and oxygen atoms in total.